The molecule has 26 heavy (non-hydrogen) atoms. The molecular weight excluding hydrogens is 340 g/mol. The molecule has 4 fully saturated rings. The lowest BCUT2D eigenvalue weighted by Crippen LogP contribution is -2.55. The maximum absolute atomic E-state index is 13.6. The third-order valence-corrected chi connectivity index (χ3v) is 8.07. The van der Waals surface area contributed by atoms with Crippen LogP contribution in [0.2, 0.25) is 0 Å². The van der Waals surface area contributed by atoms with E-state index in [9.17, 15) is 4.79 Å². The number of amides is 1. The molecule has 0 unspecified atom stereocenters. The average Bonchev–Trinajstić information content (AvgIpc) is 3.06. The van der Waals surface area contributed by atoms with Crippen LogP contribution in [-0.4, -0.2) is 29.1 Å². The monoisotopic (exact) mass is 368 g/mol. The summed E-state index contributed by atoms with van der Waals surface area (Å²) in [6.07, 6.45) is 7.58. The van der Waals surface area contributed by atoms with E-state index in [1.54, 1.807) is 11.8 Å². The predicted molar refractivity (Wildman–Crippen MR) is 107 cm³/mol. The summed E-state index contributed by atoms with van der Waals surface area (Å²) in [5.74, 6) is 3.74. The minimum Gasteiger partial charge on any atom is -0.289 e. The van der Waals surface area contributed by atoms with Gasteiger partial charge in [-0.25, -0.2) is 0 Å². The molecule has 4 heteroatoms. The Kier molecular flexibility index (Phi) is 4.15. The lowest BCUT2D eigenvalue weighted by molar-refractivity contribution is -0.152. The first-order chi connectivity index (χ1) is 12.6. The van der Waals surface area contributed by atoms with Gasteiger partial charge in [0.1, 0.15) is 0 Å². The summed E-state index contributed by atoms with van der Waals surface area (Å²) in [5, 5.41) is 0.965. The zero-order valence-electron chi connectivity index (χ0n) is 15.6. The second-order valence-corrected chi connectivity index (χ2v) is 10.0. The third kappa shape index (κ3) is 2.90. The summed E-state index contributed by atoms with van der Waals surface area (Å²) < 4.78 is 0. The van der Waals surface area contributed by atoms with Crippen molar-refractivity contribution in [1.29, 1.82) is 0 Å². The number of rotatable bonds is 3. The van der Waals surface area contributed by atoms with E-state index < -0.39 is 0 Å². The topological polar surface area (TPSA) is 32.7 Å². The van der Waals surface area contributed by atoms with E-state index in [-0.39, 0.29) is 5.41 Å². The molecule has 1 heterocycles. The normalized spacial score (nSPS) is 35.0. The van der Waals surface area contributed by atoms with Crippen LogP contribution in [0.25, 0.3) is 0 Å². The molecule has 6 rings (SSSR count). The largest absolute Gasteiger partial charge is 0.289 e. The molecule has 0 atom stereocenters. The highest BCUT2D eigenvalue weighted by Gasteiger charge is 2.56. The Hall–Kier alpha value is -1.29. The summed E-state index contributed by atoms with van der Waals surface area (Å²) in [4.78, 5) is 20.3. The smallest absolute Gasteiger partial charge is 0.234 e. The molecule has 4 aliphatic carbocycles. The summed E-state index contributed by atoms with van der Waals surface area (Å²) in [7, 11) is 0. The number of thioether (sulfide) groups is 1. The fraction of sp³-hybridized carbons (Fsp3) is 0.636. The van der Waals surface area contributed by atoms with Crippen LogP contribution in [-0.2, 0) is 10.5 Å². The first-order valence-corrected chi connectivity index (χ1v) is 11.1. The molecule has 0 saturated heterocycles. The van der Waals surface area contributed by atoms with Gasteiger partial charge in [0.15, 0.2) is 5.17 Å². The van der Waals surface area contributed by atoms with E-state index in [0.29, 0.717) is 5.91 Å². The van der Waals surface area contributed by atoms with Crippen LogP contribution < -0.4 is 0 Å². The van der Waals surface area contributed by atoms with Crippen molar-refractivity contribution < 1.29 is 4.79 Å². The quantitative estimate of drug-likeness (QED) is 0.778. The van der Waals surface area contributed by atoms with E-state index >= 15 is 0 Å². The summed E-state index contributed by atoms with van der Waals surface area (Å²) in [5.41, 5.74) is 2.55. The maximum atomic E-state index is 13.6. The molecule has 1 amide bonds. The second-order valence-electron chi connectivity index (χ2n) is 9.10. The van der Waals surface area contributed by atoms with Crippen LogP contribution in [0.4, 0.5) is 0 Å². The SMILES string of the molecule is Cc1cccc(CSC2=NCCN2C(=O)C23CC4CC(CC(C4)C2)C3)c1. The first kappa shape index (κ1) is 16.9. The number of aryl methyl sites for hydroxylation is 1. The van der Waals surface area contributed by atoms with Gasteiger partial charge in [0.05, 0.1) is 12.0 Å². The van der Waals surface area contributed by atoms with Crippen LogP contribution in [0, 0.1) is 30.1 Å². The van der Waals surface area contributed by atoms with Gasteiger partial charge >= 0.3 is 0 Å². The molecule has 0 aromatic heterocycles. The Bertz CT molecular complexity index is 721. The number of amidine groups is 1. The van der Waals surface area contributed by atoms with Gasteiger partial charge in [0.25, 0.3) is 0 Å². The number of carbonyl (C=O) groups excluding carboxylic acids is 1. The van der Waals surface area contributed by atoms with Crippen LogP contribution in [0.15, 0.2) is 29.3 Å². The highest BCUT2D eigenvalue weighted by Crippen LogP contribution is 2.60. The lowest BCUT2D eigenvalue weighted by atomic mass is 9.49. The van der Waals surface area contributed by atoms with Crippen molar-refractivity contribution in [1.82, 2.24) is 4.90 Å². The lowest BCUT2D eigenvalue weighted by Gasteiger charge is -2.56. The van der Waals surface area contributed by atoms with Gasteiger partial charge in [-0.15, -0.1) is 0 Å². The Morgan fingerprint density at radius 3 is 2.54 bits per heavy atom. The number of hydrogen-bond donors (Lipinski definition) is 0. The molecular formula is C22H28N2OS. The minimum atomic E-state index is -0.0518. The molecule has 1 aromatic rings. The minimum absolute atomic E-state index is 0.0518. The average molecular weight is 369 g/mol. The van der Waals surface area contributed by atoms with Crippen molar-refractivity contribution in [2.24, 2.45) is 28.2 Å². The summed E-state index contributed by atoms with van der Waals surface area (Å²) in [6.45, 7) is 3.69. The predicted octanol–water partition coefficient (Wildman–Crippen LogP) is 4.64. The maximum Gasteiger partial charge on any atom is 0.234 e. The van der Waals surface area contributed by atoms with Gasteiger partial charge < -0.3 is 0 Å². The number of aliphatic imine (C=N–C) groups is 1. The highest BCUT2D eigenvalue weighted by atomic mass is 32.2. The van der Waals surface area contributed by atoms with Crippen molar-refractivity contribution in [3.05, 3.63) is 35.4 Å². The Morgan fingerprint density at radius 2 is 1.88 bits per heavy atom. The summed E-state index contributed by atoms with van der Waals surface area (Å²) >= 11 is 1.74. The number of carbonyl (C=O) groups is 1. The molecule has 4 saturated carbocycles. The van der Waals surface area contributed by atoms with Gasteiger partial charge in [0.2, 0.25) is 5.91 Å². The van der Waals surface area contributed by atoms with Crippen molar-refractivity contribution in [3.8, 4) is 0 Å². The van der Waals surface area contributed by atoms with Gasteiger partial charge in [-0.2, -0.15) is 0 Å². The Morgan fingerprint density at radius 1 is 1.19 bits per heavy atom. The van der Waals surface area contributed by atoms with E-state index in [1.165, 1.54) is 30.4 Å². The van der Waals surface area contributed by atoms with Crippen LogP contribution in [0.5, 0.6) is 0 Å². The van der Waals surface area contributed by atoms with Crippen LogP contribution >= 0.6 is 11.8 Å². The highest BCUT2D eigenvalue weighted by molar-refractivity contribution is 8.13. The standard InChI is InChI=1S/C22H28N2OS/c1-15-3-2-4-16(7-15)14-26-21-23-5-6-24(21)20(25)22-11-17-8-18(12-22)10-19(9-17)13-22/h2-4,7,17-19H,5-6,8-14H2,1H3. The molecule has 1 aromatic carbocycles. The van der Waals surface area contributed by atoms with Gasteiger partial charge in [-0.05, 0) is 68.8 Å². The van der Waals surface area contributed by atoms with Gasteiger partial charge in [-0.1, -0.05) is 41.6 Å². The molecule has 0 radical (unpaired) electrons. The van der Waals surface area contributed by atoms with Crippen molar-refractivity contribution >= 4 is 22.8 Å². The first-order valence-electron chi connectivity index (χ1n) is 10.2. The molecule has 1 aliphatic heterocycles. The fourth-order valence-electron chi connectivity index (χ4n) is 6.35. The number of benzene rings is 1. The van der Waals surface area contributed by atoms with Gasteiger partial charge in [-0.3, -0.25) is 14.7 Å². The number of nitrogens with zero attached hydrogens (tertiary/aromatic N) is 2. The molecule has 138 valence electrons. The van der Waals surface area contributed by atoms with Crippen molar-refractivity contribution in [2.45, 2.75) is 51.2 Å². The van der Waals surface area contributed by atoms with Crippen LogP contribution in [0.3, 0.4) is 0 Å². The zero-order valence-corrected chi connectivity index (χ0v) is 16.4. The Balaban J connectivity index is 1.30. The molecule has 4 bridgehead atoms. The number of hydrogen-bond acceptors (Lipinski definition) is 3. The van der Waals surface area contributed by atoms with E-state index in [1.807, 2.05) is 4.90 Å². The Labute approximate surface area is 160 Å². The fourth-order valence-corrected chi connectivity index (χ4v) is 7.34. The summed E-state index contributed by atoms with van der Waals surface area (Å²) in [6, 6.07) is 8.64. The third-order valence-electron chi connectivity index (χ3n) is 6.99. The van der Waals surface area contributed by atoms with Crippen LogP contribution in [0.1, 0.15) is 49.7 Å². The zero-order chi connectivity index (χ0) is 17.7. The van der Waals surface area contributed by atoms with E-state index in [4.69, 9.17) is 0 Å². The van der Waals surface area contributed by atoms with Crippen molar-refractivity contribution in [2.75, 3.05) is 13.1 Å². The molecule has 3 nitrogen and oxygen atoms in total. The molecule has 0 spiro atoms. The molecule has 5 aliphatic rings. The molecule has 0 N–H and O–H groups in total. The van der Waals surface area contributed by atoms with E-state index in [2.05, 4.69) is 36.2 Å². The van der Waals surface area contributed by atoms with Gasteiger partial charge in [0, 0.05) is 12.3 Å². The van der Waals surface area contributed by atoms with Crippen molar-refractivity contribution in [3.63, 3.8) is 0 Å². The van der Waals surface area contributed by atoms with E-state index in [0.717, 1.165) is 61.0 Å². The second kappa shape index (κ2) is 6.40.